The van der Waals surface area contributed by atoms with E-state index < -0.39 is 17.7 Å². The molecule has 2 aromatic heterocycles. The minimum Gasteiger partial charge on any atom is -0.466 e. The summed E-state index contributed by atoms with van der Waals surface area (Å²) in [5, 5.41) is 0. The third kappa shape index (κ3) is 4.49. The standard InChI is InChI=1S/C24H27N3O5/c1-5-16-18(11-15-9-7-6-8-10-15)27-12-17(14(2)3)26-24(32-13-19(28)31-4)21(27)20(16)22(29)23(25)30/h6-10,12,14H,5,11,13H2,1-4H3,(H2,25,30). The van der Waals surface area contributed by atoms with Crippen LogP contribution in [0.3, 0.4) is 0 Å². The van der Waals surface area contributed by atoms with Gasteiger partial charge in [-0.2, -0.15) is 0 Å². The van der Waals surface area contributed by atoms with Crippen molar-refractivity contribution in [2.24, 2.45) is 5.73 Å². The van der Waals surface area contributed by atoms with E-state index in [1.54, 1.807) is 0 Å². The number of primary amides is 1. The third-order valence-electron chi connectivity index (χ3n) is 5.28. The van der Waals surface area contributed by atoms with Gasteiger partial charge in [0.1, 0.15) is 5.52 Å². The molecule has 8 nitrogen and oxygen atoms in total. The van der Waals surface area contributed by atoms with E-state index in [0.717, 1.165) is 11.3 Å². The first-order valence-corrected chi connectivity index (χ1v) is 10.4. The fraction of sp³-hybridized carbons (Fsp3) is 0.333. The lowest BCUT2D eigenvalue weighted by Gasteiger charge is -2.13. The zero-order valence-corrected chi connectivity index (χ0v) is 18.7. The number of ether oxygens (including phenoxy) is 2. The Hall–Kier alpha value is -3.68. The second-order valence-corrected chi connectivity index (χ2v) is 7.72. The maximum Gasteiger partial charge on any atom is 0.343 e. The smallest absolute Gasteiger partial charge is 0.343 e. The Labute approximate surface area is 186 Å². The van der Waals surface area contributed by atoms with Crippen molar-refractivity contribution in [2.75, 3.05) is 13.7 Å². The van der Waals surface area contributed by atoms with Gasteiger partial charge in [-0.05, 0) is 23.5 Å². The fourth-order valence-electron chi connectivity index (χ4n) is 3.67. The number of ketones is 1. The summed E-state index contributed by atoms with van der Waals surface area (Å²) in [6.45, 7) is 5.49. The molecule has 168 valence electrons. The molecule has 2 heterocycles. The van der Waals surface area contributed by atoms with Crippen molar-refractivity contribution in [3.05, 3.63) is 64.6 Å². The first kappa shape index (κ1) is 23.0. The molecule has 0 aliphatic carbocycles. The number of carbonyl (C=O) groups excluding carboxylic acids is 3. The van der Waals surface area contributed by atoms with E-state index in [2.05, 4.69) is 9.72 Å². The molecule has 3 rings (SSSR count). The highest BCUT2D eigenvalue weighted by atomic mass is 16.6. The van der Waals surface area contributed by atoms with Crippen LogP contribution in [-0.2, 0) is 27.2 Å². The fourth-order valence-corrected chi connectivity index (χ4v) is 3.67. The van der Waals surface area contributed by atoms with Gasteiger partial charge in [-0.3, -0.25) is 9.59 Å². The predicted octanol–water partition coefficient (Wildman–Crippen LogP) is 2.83. The van der Waals surface area contributed by atoms with Crippen molar-refractivity contribution >= 4 is 23.2 Å². The molecular weight excluding hydrogens is 410 g/mol. The van der Waals surface area contributed by atoms with E-state index in [0.29, 0.717) is 29.6 Å². The monoisotopic (exact) mass is 437 g/mol. The van der Waals surface area contributed by atoms with Crippen molar-refractivity contribution in [1.29, 1.82) is 0 Å². The molecule has 2 N–H and O–H groups in total. The molecule has 8 heteroatoms. The van der Waals surface area contributed by atoms with Gasteiger partial charge in [0, 0.05) is 18.3 Å². The Morgan fingerprint density at radius 3 is 2.41 bits per heavy atom. The van der Waals surface area contributed by atoms with Crippen LogP contribution >= 0.6 is 0 Å². The van der Waals surface area contributed by atoms with Gasteiger partial charge in [0.05, 0.1) is 18.4 Å². The molecule has 32 heavy (non-hydrogen) atoms. The lowest BCUT2D eigenvalue weighted by atomic mass is 9.99. The summed E-state index contributed by atoms with van der Waals surface area (Å²) in [6.07, 6.45) is 2.86. The number of esters is 1. The van der Waals surface area contributed by atoms with E-state index in [9.17, 15) is 14.4 Å². The van der Waals surface area contributed by atoms with E-state index >= 15 is 0 Å². The number of nitrogens with two attached hydrogens (primary N) is 1. The van der Waals surface area contributed by atoms with Crippen LogP contribution in [0, 0.1) is 0 Å². The average molecular weight is 437 g/mol. The Balaban J connectivity index is 2.35. The molecule has 3 aromatic rings. The van der Waals surface area contributed by atoms with Gasteiger partial charge in [0.25, 0.3) is 11.7 Å². The quantitative estimate of drug-likeness (QED) is 0.313. The topological polar surface area (TPSA) is 113 Å². The summed E-state index contributed by atoms with van der Waals surface area (Å²) < 4.78 is 12.2. The molecule has 0 fully saturated rings. The number of amides is 1. The van der Waals surface area contributed by atoms with Gasteiger partial charge in [-0.25, -0.2) is 9.78 Å². The number of Topliss-reactive ketones (excluding diaryl/α,β-unsaturated/α-hetero) is 1. The molecule has 0 spiro atoms. The average Bonchev–Trinajstić information content (AvgIpc) is 3.10. The molecule has 1 aromatic carbocycles. The Bertz CT molecular complexity index is 1170. The number of carbonyl (C=O) groups is 3. The van der Waals surface area contributed by atoms with Crippen molar-refractivity contribution in [1.82, 2.24) is 9.38 Å². The van der Waals surface area contributed by atoms with Crippen LogP contribution in [-0.4, -0.2) is 40.8 Å². The zero-order chi connectivity index (χ0) is 23.4. The number of hydrogen-bond donors (Lipinski definition) is 1. The summed E-state index contributed by atoms with van der Waals surface area (Å²) in [5.41, 5.74) is 9.16. The van der Waals surface area contributed by atoms with Crippen molar-refractivity contribution in [2.45, 2.75) is 39.5 Å². The molecule has 0 atom stereocenters. The van der Waals surface area contributed by atoms with Crippen LogP contribution in [0.15, 0.2) is 36.5 Å². The number of methoxy groups -OCH3 is 1. The highest BCUT2D eigenvalue weighted by Gasteiger charge is 2.29. The van der Waals surface area contributed by atoms with Gasteiger partial charge >= 0.3 is 5.97 Å². The first-order chi connectivity index (χ1) is 15.3. The number of hydrogen-bond acceptors (Lipinski definition) is 6. The van der Waals surface area contributed by atoms with Crippen LogP contribution in [0.4, 0.5) is 0 Å². The van der Waals surface area contributed by atoms with Crippen LogP contribution in [0.1, 0.15) is 59.6 Å². The van der Waals surface area contributed by atoms with Crippen LogP contribution in [0.25, 0.3) is 5.52 Å². The Kier molecular flexibility index (Phi) is 6.92. The van der Waals surface area contributed by atoms with E-state index in [1.807, 2.05) is 61.7 Å². The van der Waals surface area contributed by atoms with Crippen LogP contribution < -0.4 is 10.5 Å². The zero-order valence-electron chi connectivity index (χ0n) is 18.7. The van der Waals surface area contributed by atoms with E-state index in [4.69, 9.17) is 10.5 Å². The number of aromatic nitrogens is 2. The molecule has 0 bridgehead atoms. The summed E-state index contributed by atoms with van der Waals surface area (Å²) >= 11 is 0. The summed E-state index contributed by atoms with van der Waals surface area (Å²) in [5.74, 6) is -2.34. The van der Waals surface area contributed by atoms with Crippen molar-refractivity contribution in [3.8, 4) is 5.88 Å². The van der Waals surface area contributed by atoms with Gasteiger partial charge in [0.15, 0.2) is 6.61 Å². The Morgan fingerprint density at radius 2 is 1.84 bits per heavy atom. The largest absolute Gasteiger partial charge is 0.466 e. The van der Waals surface area contributed by atoms with Crippen molar-refractivity contribution in [3.63, 3.8) is 0 Å². The second-order valence-electron chi connectivity index (χ2n) is 7.72. The van der Waals surface area contributed by atoms with Gasteiger partial charge in [-0.1, -0.05) is 51.1 Å². The van der Waals surface area contributed by atoms with Gasteiger partial charge in [-0.15, -0.1) is 0 Å². The molecule has 0 saturated heterocycles. The van der Waals surface area contributed by atoms with E-state index in [1.165, 1.54) is 7.11 Å². The van der Waals surface area contributed by atoms with Gasteiger partial charge < -0.3 is 19.6 Å². The lowest BCUT2D eigenvalue weighted by Crippen LogP contribution is -2.24. The van der Waals surface area contributed by atoms with Crippen LogP contribution in [0.5, 0.6) is 5.88 Å². The van der Waals surface area contributed by atoms with Crippen LogP contribution in [0.2, 0.25) is 0 Å². The molecule has 1 amide bonds. The molecule has 0 radical (unpaired) electrons. The molecule has 0 aliphatic rings. The maximum absolute atomic E-state index is 12.9. The highest BCUT2D eigenvalue weighted by molar-refractivity contribution is 6.44. The summed E-state index contributed by atoms with van der Waals surface area (Å²) in [4.78, 5) is 41.1. The summed E-state index contributed by atoms with van der Waals surface area (Å²) in [7, 11) is 1.26. The van der Waals surface area contributed by atoms with E-state index in [-0.39, 0.29) is 24.0 Å². The minimum absolute atomic E-state index is 0.0484. The molecule has 0 unspecified atom stereocenters. The second kappa shape index (κ2) is 9.64. The molecular formula is C24H27N3O5. The molecule has 0 saturated carbocycles. The number of nitrogens with zero attached hydrogens (tertiary/aromatic N) is 2. The SMILES string of the molecule is CCc1c(C(=O)C(N)=O)c2c(OCC(=O)OC)nc(C(C)C)cn2c1Cc1ccccc1. The maximum atomic E-state index is 12.9. The predicted molar refractivity (Wildman–Crippen MR) is 119 cm³/mol. The minimum atomic E-state index is -1.06. The lowest BCUT2D eigenvalue weighted by molar-refractivity contribution is -0.143. The number of rotatable bonds is 9. The van der Waals surface area contributed by atoms with Crippen molar-refractivity contribution < 1.29 is 23.9 Å². The van der Waals surface area contributed by atoms with Gasteiger partial charge in [0.2, 0.25) is 5.88 Å². The number of fused-ring (bicyclic) bond motifs is 1. The summed E-state index contributed by atoms with van der Waals surface area (Å²) in [6, 6.07) is 9.81. The highest BCUT2D eigenvalue weighted by Crippen LogP contribution is 2.33. The third-order valence-corrected chi connectivity index (χ3v) is 5.28. The number of benzene rings is 1. The Morgan fingerprint density at radius 1 is 1.16 bits per heavy atom. The first-order valence-electron chi connectivity index (χ1n) is 10.4. The molecule has 0 aliphatic heterocycles. The normalized spacial score (nSPS) is 11.0.